The molecule has 5 amide bonds. The molecule has 5 rings (SSSR count). The van der Waals surface area contributed by atoms with Crippen LogP contribution in [0.25, 0.3) is 0 Å². The molecule has 0 saturated heterocycles. The topological polar surface area (TPSA) is 339 Å². The first kappa shape index (κ1) is 110. The van der Waals surface area contributed by atoms with E-state index in [0.717, 1.165) is 5.75 Å². The van der Waals surface area contributed by atoms with Gasteiger partial charge in [-0.2, -0.15) is 11.8 Å². The molecule has 5 aromatic rings. The van der Waals surface area contributed by atoms with Crippen LogP contribution in [0.5, 0.6) is 5.75 Å². The summed E-state index contributed by atoms with van der Waals surface area (Å²) >= 11 is 1.55. The van der Waals surface area contributed by atoms with Crippen LogP contribution >= 0.6 is 33.3 Å². The van der Waals surface area contributed by atoms with Gasteiger partial charge in [0, 0.05) is 62.1 Å². The van der Waals surface area contributed by atoms with Crippen molar-refractivity contribution in [2.24, 2.45) is 29.6 Å². The van der Waals surface area contributed by atoms with Gasteiger partial charge in [-0.1, -0.05) is 182 Å². The lowest BCUT2D eigenvalue weighted by Crippen LogP contribution is -2.54. The summed E-state index contributed by atoms with van der Waals surface area (Å²) in [5.74, 6) is -9.55. The van der Waals surface area contributed by atoms with E-state index in [9.17, 15) is 28.8 Å². The fraction of sp³-hybridized carbons (Fsp3) is 0.580. The average molecular weight is 1830 g/mol. The number of nitrogens with one attached hydrogen (secondary N) is 5. The maximum atomic E-state index is 16.2. The Morgan fingerprint density at radius 1 is 0.430 bits per heavy atom. The largest absolute Gasteiger partial charge is 0.488 e. The van der Waals surface area contributed by atoms with Gasteiger partial charge in [0.1, 0.15) is 52.6 Å². The molecule has 0 heterocycles. The van der Waals surface area contributed by atoms with Crippen molar-refractivity contribution in [3.05, 3.63) is 173 Å². The van der Waals surface area contributed by atoms with Gasteiger partial charge in [0.15, 0.2) is 28.9 Å². The highest BCUT2D eigenvalue weighted by atomic mass is 33.1. The zero-order valence-electron chi connectivity index (χ0n) is 79.2. The normalized spacial score (nSPS) is 14.7. The Kier molecular flexibility index (Phi) is 46.1. The van der Waals surface area contributed by atoms with Gasteiger partial charge in [0.25, 0.3) is 0 Å². The molecule has 5 N–H and O–H groups in total. The summed E-state index contributed by atoms with van der Waals surface area (Å²) in [4.78, 5) is 176. The summed E-state index contributed by atoms with van der Waals surface area (Å²) in [6.07, 6.45) is -1.35. The van der Waals surface area contributed by atoms with Gasteiger partial charge >= 0.3 is 12.1 Å². The third-order valence-corrected chi connectivity index (χ3v) is 23.7. The first-order valence-corrected chi connectivity index (χ1v) is 48.4. The molecule has 0 aliphatic carbocycles. The minimum Gasteiger partial charge on any atom is -0.488 e. The summed E-state index contributed by atoms with van der Waals surface area (Å²) < 4.78 is 49.2. The molecule has 0 aliphatic rings. The van der Waals surface area contributed by atoms with Crippen LogP contribution in [0.4, 0.5) is 4.79 Å². The van der Waals surface area contributed by atoms with Gasteiger partial charge in [-0.05, 0) is 201 Å². The fourth-order valence-corrected chi connectivity index (χ4v) is 16.6. The molecule has 0 bridgehead atoms. The van der Waals surface area contributed by atoms with Crippen LogP contribution in [-0.4, -0.2) is 198 Å². The van der Waals surface area contributed by atoms with Crippen molar-refractivity contribution in [3.8, 4) is 5.75 Å². The summed E-state index contributed by atoms with van der Waals surface area (Å²) in [6.45, 7) is 33.9. The lowest BCUT2D eigenvalue weighted by atomic mass is 9.80. The number of hydrogen-bond acceptors (Lipinski definition) is 23. The molecule has 0 aliphatic heterocycles. The molecular formula is C100H143N5O20S3. The van der Waals surface area contributed by atoms with E-state index in [1.165, 1.54) is 17.7 Å². The number of esters is 1. The predicted octanol–water partition coefficient (Wildman–Crippen LogP) is 15.7. The van der Waals surface area contributed by atoms with Gasteiger partial charge in [0.05, 0.1) is 80.1 Å². The highest BCUT2D eigenvalue weighted by Gasteiger charge is 2.44. The summed E-state index contributed by atoms with van der Waals surface area (Å²) in [5, 5.41) is 14.4. The number of ether oxygens (including phenoxy) is 8. The molecule has 25 nitrogen and oxygen atoms in total. The second-order valence-electron chi connectivity index (χ2n) is 37.5. The maximum Gasteiger partial charge on any atom is 0.408 e. The maximum absolute atomic E-state index is 16.2. The van der Waals surface area contributed by atoms with Crippen LogP contribution in [0.15, 0.2) is 146 Å². The van der Waals surface area contributed by atoms with E-state index in [2.05, 4.69) is 26.6 Å². The van der Waals surface area contributed by atoms with Gasteiger partial charge in [-0.3, -0.25) is 52.7 Å². The molecule has 0 saturated carbocycles. The summed E-state index contributed by atoms with van der Waals surface area (Å²) in [7, 11) is 3.05. The Balaban J connectivity index is 1.59. The number of amides is 5. The van der Waals surface area contributed by atoms with Crippen LogP contribution in [0.2, 0.25) is 0 Å². The van der Waals surface area contributed by atoms with E-state index in [1.807, 2.05) is 139 Å². The number of carbonyl (C=O) groups excluding carboxylic acids is 12. The number of ketones is 6. The molecular weight excluding hydrogens is 1690 g/mol. The second kappa shape index (κ2) is 53.6. The Morgan fingerprint density at radius 3 is 1.43 bits per heavy atom. The van der Waals surface area contributed by atoms with E-state index in [-0.39, 0.29) is 69.5 Å². The molecule has 0 spiro atoms. The van der Waals surface area contributed by atoms with E-state index < -0.39 is 191 Å². The zero-order chi connectivity index (χ0) is 95.2. The Labute approximate surface area is 772 Å². The van der Waals surface area contributed by atoms with Crippen LogP contribution in [0.1, 0.15) is 224 Å². The van der Waals surface area contributed by atoms with E-state index in [1.54, 1.807) is 167 Å². The average Bonchev–Trinajstić information content (AvgIpc) is 0.754. The SMILES string of the molecule is CCSSC[C@H](NC(=O)OC(C)(C)C)C(=O)CCCOCCOCC(=O)N[C@@H](Cc1ccc(OC(C)(C)C)cc1)C(=O)C[C@@H](COC(C)(C)C)C(=O)N[C@H](C(=O)C[C@@H](COC(c1ccccc1)(c1ccccc1)c1ccccc1)C(=O)N[C@@H](CC(=O)OC(C)(C)C)C(=O)C[C@@H](Cc1ccccc1)C(=O)N[C@H](C(=O)C[C@@H](CCSC)C(C)=O)C(C)CC)C(C)OC(C)(C)C. The van der Waals surface area contributed by atoms with Crippen LogP contribution in [0, 0.1) is 29.6 Å². The van der Waals surface area contributed by atoms with Crippen molar-refractivity contribution < 1.29 is 95.4 Å². The van der Waals surface area contributed by atoms with E-state index in [0.29, 0.717) is 64.3 Å². The first-order chi connectivity index (χ1) is 60.1. The molecule has 0 fully saturated rings. The van der Waals surface area contributed by atoms with Crippen molar-refractivity contribution in [1.29, 1.82) is 0 Å². The smallest absolute Gasteiger partial charge is 0.408 e. The van der Waals surface area contributed by atoms with Crippen molar-refractivity contribution in [2.45, 2.75) is 279 Å². The van der Waals surface area contributed by atoms with Crippen LogP contribution < -0.4 is 31.3 Å². The third kappa shape index (κ3) is 40.8. The summed E-state index contributed by atoms with van der Waals surface area (Å²) in [5.41, 5.74) is -2.61. The zero-order valence-corrected chi connectivity index (χ0v) is 81.7. The number of rotatable bonds is 57. The van der Waals surface area contributed by atoms with Crippen molar-refractivity contribution >= 4 is 104 Å². The highest BCUT2D eigenvalue weighted by Crippen LogP contribution is 2.42. The lowest BCUT2D eigenvalue weighted by Gasteiger charge is -2.37. The number of benzene rings is 5. The molecule has 706 valence electrons. The number of thioether (sulfide) groups is 1. The first-order valence-electron chi connectivity index (χ1n) is 44.5. The van der Waals surface area contributed by atoms with Gasteiger partial charge < -0.3 is 64.5 Å². The molecule has 5 aromatic carbocycles. The van der Waals surface area contributed by atoms with Crippen molar-refractivity contribution in [2.75, 3.05) is 63.2 Å². The Bertz CT molecular complexity index is 4220. The predicted molar refractivity (Wildman–Crippen MR) is 505 cm³/mol. The number of carbonyl (C=O) groups is 12. The van der Waals surface area contributed by atoms with Gasteiger partial charge in [0.2, 0.25) is 23.6 Å². The molecule has 0 aromatic heterocycles. The van der Waals surface area contributed by atoms with E-state index >= 15 is 28.8 Å². The number of hydrogen-bond donors (Lipinski definition) is 5. The minimum atomic E-state index is -1.73. The Hall–Kier alpha value is -8.61. The van der Waals surface area contributed by atoms with E-state index in [4.69, 9.17) is 37.9 Å². The van der Waals surface area contributed by atoms with Gasteiger partial charge in [-0.25, -0.2) is 4.79 Å². The highest BCUT2D eigenvalue weighted by molar-refractivity contribution is 8.76. The summed E-state index contributed by atoms with van der Waals surface area (Å²) in [6, 6.07) is 37.4. The molecule has 0 radical (unpaired) electrons. The van der Waals surface area contributed by atoms with Crippen molar-refractivity contribution in [3.63, 3.8) is 0 Å². The second-order valence-corrected chi connectivity index (χ2v) is 41.3. The molecule has 11 atom stereocenters. The Morgan fingerprint density at radius 2 is 0.914 bits per heavy atom. The number of Topliss-reactive ketones (excluding diaryl/α,β-unsaturated/α-hetero) is 6. The van der Waals surface area contributed by atoms with Crippen LogP contribution in [0.3, 0.4) is 0 Å². The molecule has 128 heavy (non-hydrogen) atoms. The fourth-order valence-electron chi connectivity index (χ4n) is 14.2. The standard InChI is InChI=1S/C100H143N5O20S3/c1-22-66(3)89(85(110)57-71(67(4)106)50-54-126-21)104-91(114)72(55-69-37-28-24-29-38-69)58-83(108)80(61-88(113)124-98(15,16)17)102-92(115)74(63-121-100(75-39-30-25-31-40-75,76-41-32-26-33-42-76)77-43-34-27-35-44-77)60-86(111)90(68(5)122-96(9,10)11)105-93(116)73(62-120-95(6,7)8)59-84(109)79(56-70-46-48-78(49-47-70)123-97(12,13)14)101-87(112)64-119-53-52-118-51-36-45-82(107)81(65-128-127-23-2)103-94(117)125-99(18,19)20/h24-35,37-44,46-49,66,68,71-74,79-81,89-90H,22-23,36,45,50-65H2,1-21H3,(H,101,112)(H,102,115)(H,103,117)(H,104,114)(H,105,116)/t66?,68?,71-,72-,73+,74+,79+,80+,81+,89+,90+/m1/s1. The quantitative estimate of drug-likeness (QED) is 0.0104. The minimum absolute atomic E-state index is 0.0241. The third-order valence-electron chi connectivity index (χ3n) is 20.6. The molecule has 2 unspecified atom stereocenters. The lowest BCUT2D eigenvalue weighted by molar-refractivity contribution is -0.156. The van der Waals surface area contributed by atoms with Crippen molar-refractivity contribution in [1.82, 2.24) is 26.6 Å². The van der Waals surface area contributed by atoms with Gasteiger partial charge in [-0.15, -0.1) is 0 Å². The molecule has 28 heteroatoms. The van der Waals surface area contributed by atoms with Crippen LogP contribution in [-0.2, 0) is 104 Å². The number of alkyl carbamates (subject to hydrolysis) is 1. The monoisotopic (exact) mass is 1830 g/mol.